The summed E-state index contributed by atoms with van der Waals surface area (Å²) in [6, 6.07) is 4.90. The van der Waals surface area contributed by atoms with Crippen LogP contribution in [0.4, 0.5) is 8.78 Å². The van der Waals surface area contributed by atoms with Gasteiger partial charge in [-0.3, -0.25) is 14.6 Å². The van der Waals surface area contributed by atoms with Crippen LogP contribution in [0.1, 0.15) is 68.8 Å². The van der Waals surface area contributed by atoms with Crippen LogP contribution in [-0.4, -0.2) is 63.1 Å². The third-order valence-electron chi connectivity index (χ3n) is 7.29. The molecule has 4 heterocycles. The van der Waals surface area contributed by atoms with Gasteiger partial charge in [-0.1, -0.05) is 0 Å². The van der Waals surface area contributed by atoms with E-state index in [1.165, 1.54) is 41.8 Å². The summed E-state index contributed by atoms with van der Waals surface area (Å²) in [5, 5.41) is 20.0. The molecule has 2 aliphatic rings. The van der Waals surface area contributed by atoms with Gasteiger partial charge >= 0.3 is 0 Å². The number of benzene rings is 1. The Balaban J connectivity index is 1.34. The van der Waals surface area contributed by atoms with Crippen LogP contribution >= 0.6 is 11.3 Å². The standard InChI is InChI=1S/C28H31F2N5O3S/c1-16-15-39-27(33-16)24-5-3-9-35(24)28(38)23-13-18(6-8-32-23)26(37)34-22(25(36)21-4-2-7-31-21)12-17-10-19(29)14-20(30)11-17/h6,8,10-11,13-15,21-22,24-25,31,36H,2-5,7,9,12H2,1H3,(H,34,37)/t21-,22+,24-,25-/m1/s1. The van der Waals surface area contributed by atoms with Crippen LogP contribution in [0.3, 0.4) is 0 Å². The number of nitrogens with one attached hydrogen (secondary N) is 2. The van der Waals surface area contributed by atoms with E-state index in [0.717, 1.165) is 42.6 Å². The number of hydrogen-bond acceptors (Lipinski definition) is 7. The minimum Gasteiger partial charge on any atom is -0.389 e. The van der Waals surface area contributed by atoms with Crippen molar-refractivity contribution in [3.63, 3.8) is 0 Å². The molecule has 1 aromatic carbocycles. The lowest BCUT2D eigenvalue weighted by molar-refractivity contribution is 0.0728. The molecule has 0 unspecified atom stereocenters. The largest absolute Gasteiger partial charge is 0.389 e. The fourth-order valence-corrected chi connectivity index (χ4v) is 6.35. The molecule has 3 aromatic rings. The molecule has 2 fully saturated rings. The molecule has 2 aliphatic heterocycles. The smallest absolute Gasteiger partial charge is 0.273 e. The van der Waals surface area contributed by atoms with Crippen molar-refractivity contribution in [2.45, 2.75) is 63.3 Å². The lowest BCUT2D eigenvalue weighted by atomic mass is 9.95. The van der Waals surface area contributed by atoms with Gasteiger partial charge in [0.2, 0.25) is 0 Å². The van der Waals surface area contributed by atoms with E-state index in [-0.39, 0.29) is 35.7 Å². The Morgan fingerprint density at radius 1 is 1.21 bits per heavy atom. The van der Waals surface area contributed by atoms with Crippen LogP contribution in [0.5, 0.6) is 0 Å². The molecule has 0 saturated carbocycles. The van der Waals surface area contributed by atoms with Crippen LogP contribution in [0.15, 0.2) is 41.9 Å². The third kappa shape index (κ3) is 6.32. The molecule has 0 spiro atoms. The van der Waals surface area contributed by atoms with Crippen molar-refractivity contribution < 1.29 is 23.5 Å². The molecule has 206 valence electrons. The van der Waals surface area contributed by atoms with Crippen molar-refractivity contribution >= 4 is 23.2 Å². The highest BCUT2D eigenvalue weighted by molar-refractivity contribution is 7.09. The average molecular weight is 556 g/mol. The number of rotatable bonds is 8. The number of aliphatic hydroxyl groups is 1. The number of amides is 2. The predicted octanol–water partition coefficient (Wildman–Crippen LogP) is 3.56. The van der Waals surface area contributed by atoms with Gasteiger partial charge in [0.25, 0.3) is 11.8 Å². The van der Waals surface area contributed by atoms with Gasteiger partial charge < -0.3 is 20.6 Å². The molecule has 2 amide bonds. The molecule has 8 nitrogen and oxygen atoms in total. The molecule has 2 saturated heterocycles. The van der Waals surface area contributed by atoms with E-state index in [0.29, 0.717) is 18.5 Å². The van der Waals surface area contributed by atoms with Gasteiger partial charge in [0.1, 0.15) is 22.3 Å². The number of aliphatic hydroxyl groups excluding tert-OH is 1. The van der Waals surface area contributed by atoms with Gasteiger partial charge in [0, 0.05) is 41.5 Å². The first-order chi connectivity index (χ1) is 18.8. The zero-order valence-electron chi connectivity index (χ0n) is 21.6. The van der Waals surface area contributed by atoms with Crippen molar-refractivity contribution in [2.75, 3.05) is 13.1 Å². The fraction of sp³-hybridized carbons (Fsp3) is 0.429. The number of aromatic nitrogens is 2. The Hall–Kier alpha value is -3.28. The summed E-state index contributed by atoms with van der Waals surface area (Å²) in [5.41, 5.74) is 1.58. The first kappa shape index (κ1) is 27.3. The van der Waals surface area contributed by atoms with Crippen LogP contribution in [-0.2, 0) is 6.42 Å². The molecule has 0 bridgehead atoms. The van der Waals surface area contributed by atoms with Gasteiger partial charge in [0.15, 0.2) is 0 Å². The zero-order valence-corrected chi connectivity index (χ0v) is 22.4. The highest BCUT2D eigenvalue weighted by atomic mass is 32.1. The number of nitrogens with zero attached hydrogens (tertiary/aromatic N) is 3. The minimum absolute atomic E-state index is 0.0271. The normalized spacial score (nSPS) is 20.7. The SMILES string of the molecule is Cc1csc([C@H]2CCCN2C(=O)c2cc(C(=O)N[C@@H](Cc3cc(F)cc(F)c3)[C@H](O)[C@H]3CCCN3)ccn2)n1. The third-order valence-corrected chi connectivity index (χ3v) is 8.36. The monoisotopic (exact) mass is 555 g/mol. The van der Waals surface area contributed by atoms with E-state index in [4.69, 9.17) is 0 Å². The second kappa shape index (κ2) is 11.8. The highest BCUT2D eigenvalue weighted by Gasteiger charge is 2.34. The van der Waals surface area contributed by atoms with Crippen LogP contribution in [0.25, 0.3) is 0 Å². The summed E-state index contributed by atoms with van der Waals surface area (Å²) in [5.74, 6) is -2.25. The Morgan fingerprint density at radius 3 is 2.69 bits per heavy atom. The van der Waals surface area contributed by atoms with Crippen LogP contribution < -0.4 is 10.6 Å². The first-order valence-corrected chi connectivity index (χ1v) is 14.0. The topological polar surface area (TPSA) is 107 Å². The molecule has 2 aromatic heterocycles. The second-order valence-corrected chi connectivity index (χ2v) is 11.1. The Kier molecular flexibility index (Phi) is 8.29. The summed E-state index contributed by atoms with van der Waals surface area (Å²) in [4.78, 5) is 37.3. The Labute approximate surface area is 229 Å². The van der Waals surface area contributed by atoms with Crippen molar-refractivity contribution in [3.05, 3.63) is 81.1 Å². The van der Waals surface area contributed by atoms with Gasteiger partial charge in [-0.2, -0.15) is 0 Å². The van der Waals surface area contributed by atoms with Crippen LogP contribution in [0.2, 0.25) is 0 Å². The quantitative estimate of drug-likeness (QED) is 0.393. The van der Waals surface area contributed by atoms with Crippen molar-refractivity contribution in [2.24, 2.45) is 0 Å². The van der Waals surface area contributed by atoms with Crippen molar-refractivity contribution in [3.8, 4) is 0 Å². The number of pyridine rings is 1. The Morgan fingerprint density at radius 2 is 2.00 bits per heavy atom. The second-order valence-electron chi connectivity index (χ2n) is 10.2. The number of likely N-dealkylation sites (tertiary alicyclic amines) is 1. The van der Waals surface area contributed by atoms with Gasteiger partial charge in [0.05, 0.1) is 18.2 Å². The van der Waals surface area contributed by atoms with E-state index in [9.17, 15) is 23.5 Å². The van der Waals surface area contributed by atoms with E-state index >= 15 is 0 Å². The fourth-order valence-electron chi connectivity index (χ4n) is 5.40. The molecule has 39 heavy (non-hydrogen) atoms. The number of hydrogen-bond donors (Lipinski definition) is 3. The summed E-state index contributed by atoms with van der Waals surface area (Å²) in [6.07, 6.45) is 3.71. The lowest BCUT2D eigenvalue weighted by Crippen LogP contribution is -2.52. The molecular formula is C28H31F2N5O3S. The minimum atomic E-state index is -0.988. The van der Waals surface area contributed by atoms with E-state index in [2.05, 4.69) is 20.6 Å². The molecular weight excluding hydrogens is 524 g/mol. The number of aryl methyl sites for hydroxylation is 1. The van der Waals surface area contributed by atoms with E-state index in [1.54, 1.807) is 4.90 Å². The number of carbonyl (C=O) groups is 2. The molecule has 11 heteroatoms. The van der Waals surface area contributed by atoms with Crippen molar-refractivity contribution in [1.29, 1.82) is 0 Å². The zero-order chi connectivity index (χ0) is 27.5. The summed E-state index contributed by atoms with van der Waals surface area (Å²) < 4.78 is 27.7. The van der Waals surface area contributed by atoms with Gasteiger partial charge in [-0.05, 0) is 75.4 Å². The van der Waals surface area contributed by atoms with E-state index in [1.807, 2.05) is 12.3 Å². The molecule has 5 rings (SSSR count). The maximum absolute atomic E-state index is 13.8. The van der Waals surface area contributed by atoms with E-state index < -0.39 is 29.7 Å². The number of halogens is 2. The highest BCUT2D eigenvalue weighted by Crippen LogP contribution is 2.34. The number of thiazole rings is 1. The molecule has 0 radical (unpaired) electrons. The van der Waals surface area contributed by atoms with Gasteiger partial charge in [-0.15, -0.1) is 11.3 Å². The lowest BCUT2D eigenvalue weighted by Gasteiger charge is -2.29. The molecule has 3 N–H and O–H groups in total. The van der Waals surface area contributed by atoms with Crippen molar-refractivity contribution in [1.82, 2.24) is 25.5 Å². The maximum atomic E-state index is 13.8. The summed E-state index contributed by atoms with van der Waals surface area (Å²) >= 11 is 1.53. The molecule has 0 aliphatic carbocycles. The van der Waals surface area contributed by atoms with Crippen LogP contribution in [0, 0.1) is 18.6 Å². The summed E-state index contributed by atoms with van der Waals surface area (Å²) in [6.45, 7) is 3.24. The Bertz CT molecular complexity index is 1330. The maximum Gasteiger partial charge on any atom is 0.273 e. The predicted molar refractivity (Wildman–Crippen MR) is 142 cm³/mol. The first-order valence-electron chi connectivity index (χ1n) is 13.1. The molecule has 4 atom stereocenters. The summed E-state index contributed by atoms with van der Waals surface area (Å²) in [7, 11) is 0. The van der Waals surface area contributed by atoms with Gasteiger partial charge in [-0.25, -0.2) is 13.8 Å². The average Bonchev–Trinajstić information content (AvgIpc) is 3.69. The number of carbonyl (C=O) groups excluding carboxylic acids is 2.